The number of aromatic amines is 1. The molecule has 3 heterocycles. The third-order valence-corrected chi connectivity index (χ3v) is 5.14. The summed E-state index contributed by atoms with van der Waals surface area (Å²) >= 11 is 1.50. The summed E-state index contributed by atoms with van der Waals surface area (Å²) in [6, 6.07) is 13.3. The molecule has 0 unspecified atom stereocenters. The zero-order valence-electron chi connectivity index (χ0n) is 13.5. The van der Waals surface area contributed by atoms with Gasteiger partial charge in [-0.1, -0.05) is 30.3 Å². The Labute approximate surface area is 147 Å². The van der Waals surface area contributed by atoms with E-state index in [2.05, 4.69) is 9.97 Å². The first-order valence-electron chi connectivity index (χ1n) is 7.85. The Balaban J connectivity index is 1.85. The van der Waals surface area contributed by atoms with Crippen LogP contribution in [0, 0.1) is 6.92 Å². The van der Waals surface area contributed by atoms with E-state index in [1.54, 1.807) is 18.3 Å². The minimum atomic E-state index is -0.187. The van der Waals surface area contributed by atoms with Crippen LogP contribution < -0.4 is 5.56 Å². The van der Waals surface area contributed by atoms with Crippen LogP contribution in [0.15, 0.2) is 59.8 Å². The van der Waals surface area contributed by atoms with Gasteiger partial charge in [-0.05, 0) is 24.6 Å². The lowest BCUT2D eigenvalue weighted by molar-refractivity contribution is 0.0966. The Hall–Kier alpha value is -2.99. The third-order valence-electron chi connectivity index (χ3n) is 4.13. The molecule has 124 valence electrons. The number of ketones is 1. The molecule has 1 aromatic carbocycles. The second-order valence-corrected chi connectivity index (χ2v) is 6.97. The molecule has 0 atom stereocenters. The van der Waals surface area contributed by atoms with E-state index in [-0.39, 0.29) is 17.9 Å². The van der Waals surface area contributed by atoms with E-state index in [1.165, 1.54) is 22.2 Å². The van der Waals surface area contributed by atoms with Gasteiger partial charge in [-0.3, -0.25) is 14.2 Å². The maximum absolute atomic E-state index is 13.0. The average molecular weight is 349 g/mol. The standard InChI is InChI=1S/C19H15N3O2S/c1-12-16(13-6-3-2-4-7-13)17-18(25-12)21-11-22(19(17)24)10-15(23)14-8-5-9-20-14/h2-9,11,20H,10H2,1H3. The molecule has 0 saturated carbocycles. The summed E-state index contributed by atoms with van der Waals surface area (Å²) in [4.78, 5) is 34.3. The number of nitrogens with one attached hydrogen (secondary N) is 1. The number of hydrogen-bond acceptors (Lipinski definition) is 4. The number of aromatic nitrogens is 3. The fourth-order valence-corrected chi connectivity index (χ4v) is 3.95. The fraction of sp³-hybridized carbons (Fsp3) is 0.105. The van der Waals surface area contributed by atoms with Crippen molar-refractivity contribution in [1.29, 1.82) is 0 Å². The smallest absolute Gasteiger partial charge is 0.263 e. The van der Waals surface area contributed by atoms with E-state index in [4.69, 9.17) is 0 Å². The highest BCUT2D eigenvalue weighted by Crippen LogP contribution is 2.35. The second kappa shape index (κ2) is 6.14. The number of thiophene rings is 1. The maximum atomic E-state index is 13.0. The second-order valence-electron chi connectivity index (χ2n) is 5.76. The first-order chi connectivity index (χ1) is 12.1. The van der Waals surface area contributed by atoms with Crippen molar-refractivity contribution in [2.75, 3.05) is 0 Å². The van der Waals surface area contributed by atoms with Crippen molar-refractivity contribution in [1.82, 2.24) is 14.5 Å². The zero-order chi connectivity index (χ0) is 17.4. The molecule has 5 nitrogen and oxygen atoms in total. The molecule has 3 aromatic heterocycles. The molecule has 0 saturated heterocycles. The summed E-state index contributed by atoms with van der Waals surface area (Å²) in [6.45, 7) is 1.95. The molecule has 0 bridgehead atoms. The number of benzene rings is 1. The van der Waals surface area contributed by atoms with Crippen molar-refractivity contribution in [3.05, 3.63) is 75.9 Å². The van der Waals surface area contributed by atoms with Crippen LogP contribution in [0.1, 0.15) is 15.4 Å². The van der Waals surface area contributed by atoms with Gasteiger partial charge >= 0.3 is 0 Å². The van der Waals surface area contributed by atoms with Crippen LogP contribution >= 0.6 is 11.3 Å². The van der Waals surface area contributed by atoms with Crippen LogP contribution in [0.2, 0.25) is 0 Å². The molecule has 4 rings (SSSR count). The van der Waals surface area contributed by atoms with Gasteiger partial charge in [-0.25, -0.2) is 4.98 Å². The quantitative estimate of drug-likeness (QED) is 0.572. The minimum absolute atomic E-state index is 0.0363. The van der Waals surface area contributed by atoms with Gasteiger partial charge in [0.1, 0.15) is 4.83 Å². The number of carbonyl (C=O) groups is 1. The maximum Gasteiger partial charge on any atom is 0.263 e. The SMILES string of the molecule is Cc1sc2ncn(CC(=O)c3ccc[nH]3)c(=O)c2c1-c1ccccc1. The van der Waals surface area contributed by atoms with Gasteiger partial charge in [-0.15, -0.1) is 11.3 Å². The number of aryl methyl sites for hydroxylation is 1. The number of H-pyrrole nitrogens is 1. The Kier molecular flexibility index (Phi) is 3.82. The van der Waals surface area contributed by atoms with Crippen LogP contribution in [-0.2, 0) is 6.54 Å². The number of nitrogens with zero attached hydrogens (tertiary/aromatic N) is 2. The summed E-state index contributed by atoms with van der Waals surface area (Å²) in [5.41, 5.74) is 2.18. The van der Waals surface area contributed by atoms with Crippen molar-refractivity contribution in [2.45, 2.75) is 13.5 Å². The van der Waals surface area contributed by atoms with Crippen LogP contribution in [0.25, 0.3) is 21.3 Å². The highest BCUT2D eigenvalue weighted by atomic mass is 32.1. The van der Waals surface area contributed by atoms with Gasteiger partial charge in [0.05, 0.1) is 24.0 Å². The van der Waals surface area contributed by atoms with E-state index in [0.29, 0.717) is 15.9 Å². The lowest BCUT2D eigenvalue weighted by atomic mass is 10.0. The average Bonchev–Trinajstić information content (AvgIpc) is 3.26. The van der Waals surface area contributed by atoms with Crippen molar-refractivity contribution in [3.63, 3.8) is 0 Å². The molecule has 1 N–H and O–H groups in total. The third kappa shape index (κ3) is 2.70. The number of Topliss-reactive ketones (excluding diaryl/α,β-unsaturated/α-hetero) is 1. The molecule has 0 fully saturated rings. The monoisotopic (exact) mass is 349 g/mol. The van der Waals surface area contributed by atoms with Crippen molar-refractivity contribution < 1.29 is 4.79 Å². The summed E-state index contributed by atoms with van der Waals surface area (Å²) < 4.78 is 1.38. The molecule has 0 radical (unpaired) electrons. The van der Waals surface area contributed by atoms with Crippen LogP contribution in [0.4, 0.5) is 0 Å². The first kappa shape index (κ1) is 15.5. The summed E-state index contributed by atoms with van der Waals surface area (Å²) in [6.07, 6.45) is 3.14. The molecule has 4 aromatic rings. The number of rotatable bonds is 4. The van der Waals surface area contributed by atoms with E-state index < -0.39 is 0 Å². The molecule has 0 aliphatic rings. The van der Waals surface area contributed by atoms with E-state index in [1.807, 2.05) is 37.3 Å². The summed E-state index contributed by atoms with van der Waals surface area (Å²) in [7, 11) is 0. The topological polar surface area (TPSA) is 67.8 Å². The summed E-state index contributed by atoms with van der Waals surface area (Å²) in [5.74, 6) is -0.151. The van der Waals surface area contributed by atoms with Gasteiger partial charge in [0, 0.05) is 16.6 Å². The summed E-state index contributed by atoms with van der Waals surface area (Å²) in [5, 5.41) is 0.579. The Bertz CT molecular complexity index is 1110. The van der Waals surface area contributed by atoms with Gasteiger partial charge < -0.3 is 4.98 Å². The van der Waals surface area contributed by atoms with Crippen LogP contribution in [0.5, 0.6) is 0 Å². The van der Waals surface area contributed by atoms with Crippen molar-refractivity contribution in [3.8, 4) is 11.1 Å². The van der Waals surface area contributed by atoms with Crippen molar-refractivity contribution >= 4 is 27.3 Å². The highest BCUT2D eigenvalue weighted by molar-refractivity contribution is 7.19. The zero-order valence-corrected chi connectivity index (χ0v) is 14.3. The van der Waals surface area contributed by atoms with E-state index in [9.17, 15) is 9.59 Å². The van der Waals surface area contributed by atoms with Crippen molar-refractivity contribution in [2.24, 2.45) is 0 Å². The fourth-order valence-electron chi connectivity index (χ4n) is 2.95. The van der Waals surface area contributed by atoms with Crippen LogP contribution in [-0.4, -0.2) is 20.3 Å². The van der Waals surface area contributed by atoms with Gasteiger partial charge in [-0.2, -0.15) is 0 Å². The largest absolute Gasteiger partial charge is 0.359 e. The predicted molar refractivity (Wildman–Crippen MR) is 99.2 cm³/mol. The Morgan fingerprint density at radius 2 is 2.00 bits per heavy atom. The number of hydrogen-bond donors (Lipinski definition) is 1. The number of carbonyl (C=O) groups excluding carboxylic acids is 1. The molecule has 6 heteroatoms. The van der Waals surface area contributed by atoms with Gasteiger partial charge in [0.2, 0.25) is 0 Å². The van der Waals surface area contributed by atoms with Gasteiger partial charge in [0.15, 0.2) is 5.78 Å². The first-order valence-corrected chi connectivity index (χ1v) is 8.67. The van der Waals surface area contributed by atoms with E-state index in [0.717, 1.165) is 16.0 Å². The molecule has 0 aliphatic carbocycles. The molecule has 25 heavy (non-hydrogen) atoms. The Morgan fingerprint density at radius 1 is 1.20 bits per heavy atom. The molecular weight excluding hydrogens is 334 g/mol. The molecular formula is C19H15N3O2S. The molecule has 0 amide bonds. The Morgan fingerprint density at radius 3 is 2.72 bits per heavy atom. The highest BCUT2D eigenvalue weighted by Gasteiger charge is 2.18. The lowest BCUT2D eigenvalue weighted by Gasteiger charge is -2.05. The minimum Gasteiger partial charge on any atom is -0.359 e. The van der Waals surface area contributed by atoms with Gasteiger partial charge in [0.25, 0.3) is 5.56 Å². The predicted octanol–water partition coefficient (Wildman–Crippen LogP) is 3.64. The number of fused-ring (bicyclic) bond motifs is 1. The molecule has 0 aliphatic heterocycles. The van der Waals surface area contributed by atoms with E-state index >= 15 is 0 Å². The van der Waals surface area contributed by atoms with Crippen LogP contribution in [0.3, 0.4) is 0 Å². The normalized spacial score (nSPS) is 11.1. The molecule has 0 spiro atoms. The lowest BCUT2D eigenvalue weighted by Crippen LogP contribution is -2.24.